The molecule has 12 nitrogen and oxygen atoms in total. The van der Waals surface area contributed by atoms with E-state index < -0.39 is 24.5 Å². The monoisotopic (exact) mass is 594 g/mol. The number of aryl methyl sites for hydroxylation is 1. The van der Waals surface area contributed by atoms with E-state index in [1.54, 1.807) is 6.92 Å². The SMILES string of the molecule is Cc1c(N)ncnc1N(/C=N/O)[C@@H]1O[C@H](CN(C(C)C)C2CC(CCc3nc4cc(C(C)(C)C)ccc4[nH]3)C2)[C@@H](O)[C@H]1O. The number of H-pyrrole nitrogens is 1. The fourth-order valence-corrected chi connectivity index (χ4v) is 6.30. The number of oxime groups is 1. The van der Waals surface area contributed by atoms with E-state index in [0.717, 1.165) is 48.9 Å². The number of nitrogen functional groups attached to an aromatic ring is 1. The first kappa shape index (κ1) is 31.1. The highest BCUT2D eigenvalue weighted by Gasteiger charge is 2.48. The lowest BCUT2D eigenvalue weighted by Gasteiger charge is -2.46. The van der Waals surface area contributed by atoms with Gasteiger partial charge >= 0.3 is 0 Å². The number of fused-ring (bicyclic) bond motifs is 1. The molecule has 3 heterocycles. The molecule has 5 rings (SSSR count). The van der Waals surface area contributed by atoms with Crippen LogP contribution in [0.25, 0.3) is 11.0 Å². The average Bonchev–Trinajstić information content (AvgIpc) is 3.46. The number of imidazole rings is 1. The maximum Gasteiger partial charge on any atom is 0.165 e. The number of rotatable bonds is 10. The first-order chi connectivity index (χ1) is 20.4. The van der Waals surface area contributed by atoms with Gasteiger partial charge in [-0.25, -0.2) is 15.0 Å². The van der Waals surface area contributed by atoms with E-state index in [4.69, 9.17) is 15.5 Å². The highest BCUT2D eigenvalue weighted by molar-refractivity contribution is 5.80. The van der Waals surface area contributed by atoms with Gasteiger partial charge in [0.05, 0.1) is 11.0 Å². The van der Waals surface area contributed by atoms with Crippen LogP contribution in [0.3, 0.4) is 0 Å². The molecule has 234 valence electrons. The van der Waals surface area contributed by atoms with Gasteiger partial charge in [0.2, 0.25) is 0 Å². The predicted molar refractivity (Wildman–Crippen MR) is 166 cm³/mol. The third-order valence-corrected chi connectivity index (χ3v) is 9.05. The lowest BCUT2D eigenvalue weighted by molar-refractivity contribution is -0.0412. The quantitative estimate of drug-likeness (QED) is 0.102. The van der Waals surface area contributed by atoms with E-state index >= 15 is 0 Å². The van der Waals surface area contributed by atoms with Crippen LogP contribution in [-0.2, 0) is 16.6 Å². The van der Waals surface area contributed by atoms with E-state index in [1.807, 2.05) is 0 Å². The molecule has 0 radical (unpaired) electrons. The summed E-state index contributed by atoms with van der Waals surface area (Å²) in [6.45, 7) is 13.1. The zero-order chi connectivity index (χ0) is 31.1. The molecule has 1 aliphatic carbocycles. The number of aliphatic hydroxyl groups excluding tert-OH is 2. The molecule has 43 heavy (non-hydrogen) atoms. The van der Waals surface area contributed by atoms with Gasteiger partial charge in [0.15, 0.2) is 6.23 Å². The molecule has 0 bridgehead atoms. The Morgan fingerprint density at radius 3 is 2.60 bits per heavy atom. The third kappa shape index (κ3) is 6.47. The summed E-state index contributed by atoms with van der Waals surface area (Å²) in [5.74, 6) is 2.21. The summed E-state index contributed by atoms with van der Waals surface area (Å²) in [6.07, 6.45) is 2.41. The fourth-order valence-electron chi connectivity index (χ4n) is 6.30. The zero-order valence-electron chi connectivity index (χ0n) is 26.0. The number of nitrogens with two attached hydrogens (primary N) is 1. The van der Waals surface area contributed by atoms with Crippen LogP contribution < -0.4 is 10.6 Å². The molecule has 2 aromatic heterocycles. The number of benzene rings is 1. The summed E-state index contributed by atoms with van der Waals surface area (Å²) in [4.78, 5) is 20.3. The minimum Gasteiger partial charge on any atom is -0.410 e. The van der Waals surface area contributed by atoms with E-state index in [2.05, 4.69) is 77.8 Å². The van der Waals surface area contributed by atoms with E-state index in [-0.39, 0.29) is 17.3 Å². The highest BCUT2D eigenvalue weighted by Crippen LogP contribution is 2.38. The minimum absolute atomic E-state index is 0.0899. The summed E-state index contributed by atoms with van der Waals surface area (Å²) < 4.78 is 6.21. The fraction of sp³-hybridized carbons (Fsp3) is 0.613. The second-order valence-electron chi connectivity index (χ2n) is 13.4. The minimum atomic E-state index is -1.26. The van der Waals surface area contributed by atoms with Crippen molar-refractivity contribution in [2.45, 2.75) is 109 Å². The van der Waals surface area contributed by atoms with Gasteiger partial charge in [-0.15, -0.1) is 0 Å². The summed E-state index contributed by atoms with van der Waals surface area (Å²) in [7, 11) is 0. The maximum absolute atomic E-state index is 11.0. The molecule has 6 N–H and O–H groups in total. The molecule has 2 aliphatic rings. The molecular formula is C31H46N8O4. The first-order valence-corrected chi connectivity index (χ1v) is 15.2. The van der Waals surface area contributed by atoms with Crippen LogP contribution in [-0.4, -0.2) is 89.8 Å². The van der Waals surface area contributed by atoms with Crippen molar-refractivity contribution in [3.8, 4) is 0 Å². The topological polar surface area (TPSA) is 169 Å². The molecule has 0 amide bonds. The van der Waals surface area contributed by atoms with Crippen molar-refractivity contribution >= 4 is 29.0 Å². The molecule has 1 saturated heterocycles. The van der Waals surface area contributed by atoms with Gasteiger partial charge in [-0.2, -0.15) is 0 Å². The predicted octanol–water partition coefficient (Wildman–Crippen LogP) is 3.33. The Hall–Kier alpha value is -3.32. The van der Waals surface area contributed by atoms with Gasteiger partial charge in [0, 0.05) is 30.6 Å². The smallest absolute Gasteiger partial charge is 0.165 e. The van der Waals surface area contributed by atoms with Crippen molar-refractivity contribution in [2.24, 2.45) is 11.1 Å². The van der Waals surface area contributed by atoms with Gasteiger partial charge in [0.25, 0.3) is 0 Å². The summed E-state index contributed by atoms with van der Waals surface area (Å²) in [5, 5.41) is 34.4. The van der Waals surface area contributed by atoms with Gasteiger partial charge in [-0.05, 0) is 69.1 Å². The Morgan fingerprint density at radius 1 is 1.19 bits per heavy atom. The van der Waals surface area contributed by atoms with Crippen LogP contribution in [0.15, 0.2) is 29.7 Å². The molecule has 0 spiro atoms. The van der Waals surface area contributed by atoms with E-state index in [1.165, 1.54) is 16.8 Å². The zero-order valence-corrected chi connectivity index (χ0v) is 26.0. The standard InChI is InChI=1S/C31H46N8O4/c1-17(2)38(14-24-26(40)27(41)30(43-24)39(16-35-42)29-18(3)28(32)33-15-34-29)21-11-19(12-21)7-10-25-36-22-9-8-20(31(4,5)6)13-23(22)37-25/h8-9,13,15-17,19,21,24,26-27,30,40-42H,7,10-12,14H2,1-6H3,(H,36,37)(H2,32,33,34)/b35-16+/t19?,21?,24-,26-,27-,30-/m1/s1. The normalized spacial score (nSPS) is 26.2. The Balaban J connectivity index is 1.19. The second kappa shape index (κ2) is 12.4. The molecule has 1 aliphatic heterocycles. The largest absolute Gasteiger partial charge is 0.410 e. The molecule has 1 aromatic carbocycles. The second-order valence-corrected chi connectivity index (χ2v) is 13.4. The number of aliphatic hydroxyl groups is 2. The molecule has 12 heteroatoms. The molecule has 3 aromatic rings. The van der Waals surface area contributed by atoms with Crippen molar-refractivity contribution in [1.82, 2.24) is 24.8 Å². The average molecular weight is 595 g/mol. The number of hydrogen-bond acceptors (Lipinski definition) is 10. The van der Waals surface area contributed by atoms with Crippen molar-refractivity contribution in [3.05, 3.63) is 41.5 Å². The molecule has 2 fully saturated rings. The Bertz CT molecular complexity index is 1430. The molecule has 1 saturated carbocycles. The van der Waals surface area contributed by atoms with Crippen LogP contribution in [0.2, 0.25) is 0 Å². The summed E-state index contributed by atoms with van der Waals surface area (Å²) in [5.41, 5.74) is 9.97. The van der Waals surface area contributed by atoms with E-state index in [9.17, 15) is 15.4 Å². The van der Waals surface area contributed by atoms with Gasteiger partial charge in [0.1, 0.15) is 48.4 Å². The number of nitrogens with zero attached hydrogens (tertiary/aromatic N) is 6. The summed E-state index contributed by atoms with van der Waals surface area (Å²) in [6, 6.07) is 7.09. The van der Waals surface area contributed by atoms with Crippen LogP contribution in [0.5, 0.6) is 0 Å². The number of aromatic amines is 1. The molecule has 0 unspecified atom stereocenters. The maximum atomic E-state index is 11.0. The molecular weight excluding hydrogens is 548 g/mol. The number of aromatic nitrogens is 4. The van der Waals surface area contributed by atoms with Crippen LogP contribution >= 0.6 is 0 Å². The van der Waals surface area contributed by atoms with Crippen molar-refractivity contribution in [2.75, 3.05) is 17.2 Å². The Labute approximate surface area is 253 Å². The molecule has 4 atom stereocenters. The van der Waals surface area contributed by atoms with Crippen molar-refractivity contribution in [3.63, 3.8) is 0 Å². The van der Waals surface area contributed by atoms with Crippen LogP contribution in [0.4, 0.5) is 11.6 Å². The van der Waals surface area contributed by atoms with Crippen LogP contribution in [0.1, 0.15) is 70.8 Å². The van der Waals surface area contributed by atoms with Crippen LogP contribution in [0, 0.1) is 12.8 Å². The number of hydrogen-bond donors (Lipinski definition) is 5. The number of anilines is 2. The lowest BCUT2D eigenvalue weighted by atomic mass is 9.76. The van der Waals surface area contributed by atoms with Crippen molar-refractivity contribution in [1.29, 1.82) is 0 Å². The highest BCUT2D eigenvalue weighted by atomic mass is 16.6. The van der Waals surface area contributed by atoms with Crippen molar-refractivity contribution < 1.29 is 20.2 Å². The van der Waals surface area contributed by atoms with Gasteiger partial charge < -0.3 is 30.9 Å². The Morgan fingerprint density at radius 2 is 1.93 bits per heavy atom. The number of ether oxygens (including phenoxy) is 1. The van der Waals surface area contributed by atoms with Gasteiger partial charge in [-0.1, -0.05) is 32.0 Å². The lowest BCUT2D eigenvalue weighted by Crippen LogP contribution is -2.52. The summed E-state index contributed by atoms with van der Waals surface area (Å²) >= 11 is 0. The number of nitrogens with one attached hydrogen (secondary N) is 1. The van der Waals surface area contributed by atoms with E-state index in [0.29, 0.717) is 29.9 Å². The van der Waals surface area contributed by atoms with Gasteiger partial charge in [-0.3, -0.25) is 9.80 Å². The third-order valence-electron chi connectivity index (χ3n) is 9.05. The first-order valence-electron chi connectivity index (χ1n) is 15.2. The Kier molecular flexibility index (Phi) is 8.94.